The normalized spacial score (nSPS) is 10.2. The van der Waals surface area contributed by atoms with Gasteiger partial charge in [-0.15, -0.1) is 0 Å². The average Bonchev–Trinajstić information content (AvgIpc) is 2.40. The Morgan fingerprint density at radius 3 is 2.53 bits per heavy atom. The van der Waals surface area contributed by atoms with Crippen molar-refractivity contribution in [2.45, 2.75) is 13.5 Å². The lowest BCUT2D eigenvalue weighted by molar-refractivity contribution is 0.0697. The van der Waals surface area contributed by atoms with Crippen LogP contribution in [0.5, 0.6) is 0 Å². The Balaban J connectivity index is 2.06. The van der Waals surface area contributed by atoms with Gasteiger partial charge in [0.2, 0.25) is 0 Å². The molecule has 0 aliphatic carbocycles. The lowest BCUT2D eigenvalue weighted by Gasteiger charge is -2.10. The number of nitrogens with two attached hydrogens (primary N) is 1. The van der Waals surface area contributed by atoms with Gasteiger partial charge in [-0.25, -0.2) is 4.79 Å². The molecule has 2 aromatic rings. The zero-order valence-corrected chi connectivity index (χ0v) is 10.7. The first-order valence-electron chi connectivity index (χ1n) is 5.98. The average molecular weight is 256 g/mol. The molecule has 0 aromatic heterocycles. The number of carboxylic acids is 1. The Morgan fingerprint density at radius 1 is 1.21 bits per heavy atom. The van der Waals surface area contributed by atoms with Crippen LogP contribution in [0.2, 0.25) is 0 Å². The minimum Gasteiger partial charge on any atom is -0.478 e. The molecule has 0 aliphatic rings. The number of aryl methyl sites for hydroxylation is 1. The molecular formula is C15H16N2O2. The predicted octanol–water partition coefficient (Wildman–Crippen LogP) is 2.89. The first-order valence-corrected chi connectivity index (χ1v) is 5.98. The van der Waals surface area contributed by atoms with Crippen LogP contribution in [0.15, 0.2) is 42.5 Å². The minimum atomic E-state index is -0.911. The van der Waals surface area contributed by atoms with Crippen LogP contribution in [-0.2, 0) is 6.54 Å². The largest absolute Gasteiger partial charge is 0.478 e. The summed E-state index contributed by atoms with van der Waals surface area (Å²) in [6.45, 7) is 2.64. The van der Waals surface area contributed by atoms with E-state index in [9.17, 15) is 4.79 Å². The van der Waals surface area contributed by atoms with Gasteiger partial charge in [0.25, 0.3) is 0 Å². The van der Waals surface area contributed by atoms with Gasteiger partial charge in [-0.3, -0.25) is 0 Å². The number of nitrogens with one attached hydrogen (secondary N) is 1. The Morgan fingerprint density at radius 2 is 1.89 bits per heavy atom. The van der Waals surface area contributed by atoms with E-state index in [1.807, 2.05) is 25.1 Å². The number of hydrogen-bond acceptors (Lipinski definition) is 3. The maximum absolute atomic E-state index is 10.7. The van der Waals surface area contributed by atoms with Gasteiger partial charge in [-0.2, -0.15) is 0 Å². The van der Waals surface area contributed by atoms with Crippen LogP contribution in [0.4, 0.5) is 11.4 Å². The summed E-state index contributed by atoms with van der Waals surface area (Å²) in [6.07, 6.45) is 0. The van der Waals surface area contributed by atoms with Gasteiger partial charge in [0, 0.05) is 17.9 Å². The molecule has 2 rings (SSSR count). The number of aromatic carboxylic acids is 1. The highest BCUT2D eigenvalue weighted by atomic mass is 16.4. The molecule has 4 heteroatoms. The zero-order chi connectivity index (χ0) is 13.8. The summed E-state index contributed by atoms with van der Waals surface area (Å²) < 4.78 is 0. The predicted molar refractivity (Wildman–Crippen MR) is 76.3 cm³/mol. The fourth-order valence-electron chi connectivity index (χ4n) is 1.79. The lowest BCUT2D eigenvalue weighted by Crippen LogP contribution is -2.03. The molecule has 19 heavy (non-hydrogen) atoms. The number of nitrogen functional groups attached to an aromatic ring is 1. The van der Waals surface area contributed by atoms with Crippen molar-refractivity contribution in [2.75, 3.05) is 11.1 Å². The van der Waals surface area contributed by atoms with Crippen LogP contribution in [-0.4, -0.2) is 11.1 Å². The third kappa shape index (κ3) is 3.25. The highest BCUT2D eigenvalue weighted by Crippen LogP contribution is 2.19. The highest BCUT2D eigenvalue weighted by Gasteiger charge is 2.02. The van der Waals surface area contributed by atoms with Crippen molar-refractivity contribution in [2.24, 2.45) is 0 Å². The molecule has 0 heterocycles. The van der Waals surface area contributed by atoms with E-state index in [0.29, 0.717) is 17.8 Å². The van der Waals surface area contributed by atoms with E-state index in [-0.39, 0.29) is 0 Å². The van der Waals surface area contributed by atoms with Crippen molar-refractivity contribution in [3.8, 4) is 0 Å². The summed E-state index contributed by atoms with van der Waals surface area (Å²) >= 11 is 0. The molecule has 0 atom stereocenters. The van der Waals surface area contributed by atoms with Crippen LogP contribution in [0.25, 0.3) is 0 Å². The van der Waals surface area contributed by atoms with Gasteiger partial charge in [0.1, 0.15) is 0 Å². The molecule has 0 fully saturated rings. The van der Waals surface area contributed by atoms with Crippen molar-refractivity contribution in [1.29, 1.82) is 0 Å². The monoisotopic (exact) mass is 256 g/mol. The quantitative estimate of drug-likeness (QED) is 0.735. The second kappa shape index (κ2) is 5.44. The summed E-state index contributed by atoms with van der Waals surface area (Å²) in [5, 5.41) is 12.1. The Bertz CT molecular complexity index is 592. The second-order valence-corrected chi connectivity index (χ2v) is 4.43. The van der Waals surface area contributed by atoms with Crippen LogP contribution in [0.3, 0.4) is 0 Å². The van der Waals surface area contributed by atoms with Gasteiger partial charge < -0.3 is 16.2 Å². The molecule has 0 bridgehead atoms. The summed E-state index contributed by atoms with van der Waals surface area (Å²) in [7, 11) is 0. The number of carbonyl (C=O) groups is 1. The molecule has 0 radical (unpaired) electrons. The van der Waals surface area contributed by atoms with E-state index in [2.05, 4.69) is 5.32 Å². The lowest BCUT2D eigenvalue weighted by atomic mass is 10.1. The molecule has 0 amide bonds. The highest BCUT2D eigenvalue weighted by molar-refractivity contribution is 5.87. The number of carboxylic acid groups (broad SMARTS) is 1. The standard InChI is InChI=1S/C15H16N2O2/c1-10-2-7-13(16)8-14(10)17-9-11-3-5-12(6-4-11)15(18)19/h2-8,17H,9,16H2,1H3,(H,18,19). The molecule has 2 aromatic carbocycles. The SMILES string of the molecule is Cc1ccc(N)cc1NCc1ccc(C(=O)O)cc1. The Labute approximate surface area is 111 Å². The van der Waals surface area contributed by atoms with Gasteiger partial charge in [-0.05, 0) is 42.3 Å². The van der Waals surface area contributed by atoms with Crippen LogP contribution < -0.4 is 11.1 Å². The van der Waals surface area contributed by atoms with E-state index in [4.69, 9.17) is 10.8 Å². The van der Waals surface area contributed by atoms with E-state index in [1.165, 1.54) is 0 Å². The Hall–Kier alpha value is -2.49. The first-order chi connectivity index (χ1) is 9.06. The van der Waals surface area contributed by atoms with Crippen molar-refractivity contribution >= 4 is 17.3 Å². The number of benzene rings is 2. The molecule has 0 saturated heterocycles. The molecule has 0 aliphatic heterocycles. The maximum Gasteiger partial charge on any atom is 0.335 e. The van der Waals surface area contributed by atoms with Crippen LogP contribution in [0, 0.1) is 6.92 Å². The molecular weight excluding hydrogens is 240 g/mol. The van der Waals surface area contributed by atoms with E-state index < -0.39 is 5.97 Å². The fourth-order valence-corrected chi connectivity index (χ4v) is 1.79. The maximum atomic E-state index is 10.7. The van der Waals surface area contributed by atoms with Gasteiger partial charge in [-0.1, -0.05) is 18.2 Å². The number of hydrogen-bond donors (Lipinski definition) is 3. The van der Waals surface area contributed by atoms with Crippen LogP contribution >= 0.6 is 0 Å². The van der Waals surface area contributed by atoms with Gasteiger partial charge >= 0.3 is 5.97 Å². The molecule has 98 valence electrons. The van der Waals surface area contributed by atoms with Crippen molar-refractivity contribution in [1.82, 2.24) is 0 Å². The molecule has 0 unspecified atom stereocenters. The molecule has 4 N–H and O–H groups in total. The van der Waals surface area contributed by atoms with E-state index >= 15 is 0 Å². The third-order valence-corrected chi connectivity index (χ3v) is 2.95. The second-order valence-electron chi connectivity index (χ2n) is 4.43. The van der Waals surface area contributed by atoms with E-state index in [0.717, 1.165) is 16.8 Å². The molecule has 0 spiro atoms. The van der Waals surface area contributed by atoms with Gasteiger partial charge in [0.05, 0.1) is 5.56 Å². The summed E-state index contributed by atoms with van der Waals surface area (Å²) in [6, 6.07) is 12.5. The smallest absolute Gasteiger partial charge is 0.335 e. The van der Waals surface area contributed by atoms with Crippen molar-refractivity contribution < 1.29 is 9.90 Å². The van der Waals surface area contributed by atoms with Crippen molar-refractivity contribution in [3.05, 3.63) is 59.2 Å². The zero-order valence-electron chi connectivity index (χ0n) is 10.7. The van der Waals surface area contributed by atoms with Crippen LogP contribution in [0.1, 0.15) is 21.5 Å². The third-order valence-electron chi connectivity index (χ3n) is 2.95. The topological polar surface area (TPSA) is 75.3 Å². The van der Waals surface area contributed by atoms with Crippen molar-refractivity contribution in [3.63, 3.8) is 0 Å². The Kier molecular flexibility index (Phi) is 3.71. The van der Waals surface area contributed by atoms with E-state index in [1.54, 1.807) is 24.3 Å². The fraction of sp³-hybridized carbons (Fsp3) is 0.133. The minimum absolute atomic E-state index is 0.295. The number of anilines is 2. The molecule has 0 saturated carbocycles. The first kappa shape index (κ1) is 13.0. The summed E-state index contributed by atoms with van der Waals surface area (Å²) in [5.41, 5.74) is 9.89. The summed E-state index contributed by atoms with van der Waals surface area (Å²) in [4.78, 5) is 10.7. The number of rotatable bonds is 4. The molecule has 4 nitrogen and oxygen atoms in total. The summed E-state index contributed by atoms with van der Waals surface area (Å²) in [5.74, 6) is -0.911. The van der Waals surface area contributed by atoms with Gasteiger partial charge in [0.15, 0.2) is 0 Å².